The maximum atomic E-state index is 14.0. The summed E-state index contributed by atoms with van der Waals surface area (Å²) >= 11 is 0. The van der Waals surface area contributed by atoms with E-state index in [-0.39, 0.29) is 11.6 Å². The molecule has 0 bridgehead atoms. The lowest BCUT2D eigenvalue weighted by Crippen LogP contribution is -2.20. The summed E-state index contributed by atoms with van der Waals surface area (Å²) < 4.78 is 26.9. The molecule has 0 saturated heterocycles. The molecule has 2 aromatic rings. The molecule has 0 aliphatic carbocycles. The molecule has 2 nitrogen and oxygen atoms in total. The van der Waals surface area contributed by atoms with Crippen LogP contribution in [0.3, 0.4) is 0 Å². The fourth-order valence-corrected chi connectivity index (χ4v) is 2.29. The lowest BCUT2D eigenvalue weighted by atomic mass is 10.1. The van der Waals surface area contributed by atoms with Gasteiger partial charge in [0.05, 0.1) is 5.69 Å². The van der Waals surface area contributed by atoms with Crippen molar-refractivity contribution in [2.75, 3.05) is 18.5 Å². The number of hydrogen-bond donors (Lipinski definition) is 1. The van der Waals surface area contributed by atoms with Crippen molar-refractivity contribution >= 4 is 5.69 Å². The Balaban J connectivity index is 2.24. The van der Waals surface area contributed by atoms with Gasteiger partial charge in [-0.3, -0.25) is 0 Å². The van der Waals surface area contributed by atoms with Crippen molar-refractivity contribution in [3.8, 4) is 0 Å². The fourth-order valence-electron chi connectivity index (χ4n) is 2.29. The summed E-state index contributed by atoms with van der Waals surface area (Å²) in [4.78, 5) is 1.83. The van der Waals surface area contributed by atoms with Crippen LogP contribution in [0.15, 0.2) is 42.5 Å². The van der Waals surface area contributed by atoms with E-state index in [1.54, 1.807) is 18.2 Å². The molecule has 4 heteroatoms. The monoisotopic (exact) mass is 276 g/mol. The normalized spacial score (nSPS) is 10.6. The molecule has 2 rings (SSSR count). The Morgan fingerprint density at radius 1 is 1.05 bits per heavy atom. The first-order valence-corrected chi connectivity index (χ1v) is 6.55. The Labute approximate surface area is 117 Å². The van der Waals surface area contributed by atoms with Crippen LogP contribution in [0.4, 0.5) is 14.5 Å². The summed E-state index contributed by atoms with van der Waals surface area (Å²) in [6.07, 6.45) is 0.626. The van der Waals surface area contributed by atoms with Crippen molar-refractivity contribution in [1.29, 1.82) is 0 Å². The van der Waals surface area contributed by atoms with E-state index in [2.05, 4.69) is 0 Å². The first-order chi connectivity index (χ1) is 9.61. The molecule has 0 fully saturated rings. The standard InChI is InChI=1S/C16H18F2N2/c1-20(11-12-5-7-14(17)8-6-12)16-13(9-10-19)3-2-4-15(16)18/h2-8H,9-11,19H2,1H3. The zero-order valence-corrected chi connectivity index (χ0v) is 11.4. The average molecular weight is 276 g/mol. The van der Waals surface area contributed by atoms with Gasteiger partial charge in [0, 0.05) is 13.6 Å². The highest BCUT2D eigenvalue weighted by Gasteiger charge is 2.12. The quantitative estimate of drug-likeness (QED) is 0.909. The predicted octanol–water partition coefficient (Wildman–Crippen LogP) is 3.10. The van der Waals surface area contributed by atoms with Gasteiger partial charge in [0.1, 0.15) is 11.6 Å². The molecule has 0 amide bonds. The minimum absolute atomic E-state index is 0.263. The van der Waals surface area contributed by atoms with Gasteiger partial charge in [0.2, 0.25) is 0 Å². The zero-order chi connectivity index (χ0) is 14.5. The maximum absolute atomic E-state index is 14.0. The number of para-hydroxylation sites is 1. The van der Waals surface area contributed by atoms with Crippen molar-refractivity contribution in [1.82, 2.24) is 0 Å². The van der Waals surface area contributed by atoms with Crippen LogP contribution in [0.25, 0.3) is 0 Å². The highest BCUT2D eigenvalue weighted by molar-refractivity contribution is 5.54. The van der Waals surface area contributed by atoms with Crippen LogP contribution in [0.2, 0.25) is 0 Å². The van der Waals surface area contributed by atoms with Gasteiger partial charge in [0.15, 0.2) is 0 Å². The molecule has 2 aromatic carbocycles. The third kappa shape index (κ3) is 3.33. The number of rotatable bonds is 5. The van der Waals surface area contributed by atoms with Gasteiger partial charge in [-0.05, 0) is 42.3 Å². The van der Waals surface area contributed by atoms with Crippen molar-refractivity contribution in [2.24, 2.45) is 5.73 Å². The van der Waals surface area contributed by atoms with E-state index in [0.29, 0.717) is 25.2 Å². The van der Waals surface area contributed by atoms with Crippen LogP contribution in [0, 0.1) is 11.6 Å². The van der Waals surface area contributed by atoms with Crippen molar-refractivity contribution in [2.45, 2.75) is 13.0 Å². The molecular formula is C16H18F2N2. The molecule has 0 unspecified atom stereocenters. The van der Waals surface area contributed by atoms with Crippen LogP contribution in [0.5, 0.6) is 0 Å². The van der Waals surface area contributed by atoms with E-state index in [0.717, 1.165) is 11.1 Å². The lowest BCUT2D eigenvalue weighted by molar-refractivity contribution is 0.618. The van der Waals surface area contributed by atoms with Crippen LogP contribution in [-0.4, -0.2) is 13.6 Å². The fraction of sp³-hybridized carbons (Fsp3) is 0.250. The third-order valence-electron chi connectivity index (χ3n) is 3.20. The van der Waals surface area contributed by atoms with Crippen molar-refractivity contribution in [3.63, 3.8) is 0 Å². The molecule has 106 valence electrons. The number of halogens is 2. The van der Waals surface area contributed by atoms with Crippen molar-refractivity contribution < 1.29 is 8.78 Å². The molecule has 0 atom stereocenters. The first-order valence-electron chi connectivity index (χ1n) is 6.55. The lowest BCUT2D eigenvalue weighted by Gasteiger charge is -2.23. The molecule has 0 aliphatic rings. The summed E-state index contributed by atoms with van der Waals surface area (Å²) in [5.41, 5.74) is 7.94. The van der Waals surface area contributed by atoms with E-state index in [1.807, 2.05) is 18.0 Å². The van der Waals surface area contributed by atoms with Gasteiger partial charge in [-0.15, -0.1) is 0 Å². The molecule has 0 spiro atoms. The van der Waals surface area contributed by atoms with E-state index in [4.69, 9.17) is 5.73 Å². The number of nitrogens with two attached hydrogens (primary N) is 1. The van der Waals surface area contributed by atoms with E-state index in [9.17, 15) is 8.78 Å². The van der Waals surface area contributed by atoms with Gasteiger partial charge in [-0.1, -0.05) is 24.3 Å². The second-order valence-corrected chi connectivity index (χ2v) is 4.77. The van der Waals surface area contributed by atoms with E-state index >= 15 is 0 Å². The molecule has 0 radical (unpaired) electrons. The second kappa shape index (κ2) is 6.48. The van der Waals surface area contributed by atoms with Crippen molar-refractivity contribution in [3.05, 3.63) is 65.2 Å². The topological polar surface area (TPSA) is 29.3 Å². The zero-order valence-electron chi connectivity index (χ0n) is 11.4. The minimum Gasteiger partial charge on any atom is -0.368 e. The molecule has 2 N–H and O–H groups in total. The Hall–Kier alpha value is -1.94. The van der Waals surface area contributed by atoms with Gasteiger partial charge in [-0.2, -0.15) is 0 Å². The average Bonchev–Trinajstić information content (AvgIpc) is 2.42. The van der Waals surface area contributed by atoms with Crippen LogP contribution in [0.1, 0.15) is 11.1 Å². The summed E-state index contributed by atoms with van der Waals surface area (Å²) in [6.45, 7) is 0.986. The summed E-state index contributed by atoms with van der Waals surface area (Å²) in [7, 11) is 1.82. The Kier molecular flexibility index (Phi) is 4.69. The van der Waals surface area contributed by atoms with Gasteiger partial charge >= 0.3 is 0 Å². The molecule has 20 heavy (non-hydrogen) atoms. The molecule has 0 heterocycles. The van der Waals surface area contributed by atoms with Gasteiger partial charge in [-0.25, -0.2) is 8.78 Å². The Morgan fingerprint density at radius 3 is 2.40 bits per heavy atom. The maximum Gasteiger partial charge on any atom is 0.146 e. The van der Waals surface area contributed by atoms with Crippen LogP contribution >= 0.6 is 0 Å². The van der Waals surface area contributed by atoms with Gasteiger partial charge in [0.25, 0.3) is 0 Å². The molecule has 0 aliphatic heterocycles. The van der Waals surface area contributed by atoms with E-state index < -0.39 is 0 Å². The molecular weight excluding hydrogens is 258 g/mol. The number of anilines is 1. The smallest absolute Gasteiger partial charge is 0.146 e. The summed E-state index contributed by atoms with van der Waals surface area (Å²) in [5.74, 6) is -0.535. The number of nitrogens with zero attached hydrogens (tertiary/aromatic N) is 1. The second-order valence-electron chi connectivity index (χ2n) is 4.77. The SMILES string of the molecule is CN(Cc1ccc(F)cc1)c1c(F)cccc1CCN. The highest BCUT2D eigenvalue weighted by Crippen LogP contribution is 2.25. The largest absolute Gasteiger partial charge is 0.368 e. The minimum atomic E-state index is -0.272. The Bertz CT molecular complexity index is 567. The number of benzene rings is 2. The Morgan fingerprint density at radius 2 is 1.75 bits per heavy atom. The van der Waals surface area contributed by atoms with Crippen LogP contribution < -0.4 is 10.6 Å². The summed E-state index contributed by atoms with van der Waals surface area (Å²) in [5, 5.41) is 0. The predicted molar refractivity (Wildman–Crippen MR) is 77.7 cm³/mol. The number of hydrogen-bond acceptors (Lipinski definition) is 2. The molecule has 0 saturated carbocycles. The van der Waals surface area contributed by atoms with Gasteiger partial charge < -0.3 is 10.6 Å². The third-order valence-corrected chi connectivity index (χ3v) is 3.20. The highest BCUT2D eigenvalue weighted by atomic mass is 19.1. The van der Waals surface area contributed by atoms with Crippen LogP contribution in [-0.2, 0) is 13.0 Å². The summed E-state index contributed by atoms with van der Waals surface area (Å²) in [6, 6.07) is 11.2. The first kappa shape index (κ1) is 14.5. The van der Waals surface area contributed by atoms with E-state index in [1.165, 1.54) is 18.2 Å². The molecule has 0 aromatic heterocycles.